The Bertz CT molecular complexity index is 1430. The lowest BCUT2D eigenvalue weighted by Gasteiger charge is -2.32. The normalized spacial score (nSPS) is 14.7. The maximum atomic E-state index is 14.1. The second-order valence-corrected chi connectivity index (χ2v) is 13.2. The Morgan fingerprint density at radius 3 is 2.26 bits per heavy atom. The van der Waals surface area contributed by atoms with Crippen LogP contribution in [0.5, 0.6) is 5.75 Å². The van der Waals surface area contributed by atoms with Crippen molar-refractivity contribution in [1.82, 2.24) is 15.5 Å². The van der Waals surface area contributed by atoms with Crippen molar-refractivity contribution in [1.29, 1.82) is 0 Å². The largest absolute Gasteiger partial charge is 0.497 e. The fraction of sp³-hybridized carbons (Fsp3) is 0.487. The van der Waals surface area contributed by atoms with Gasteiger partial charge >= 0.3 is 0 Å². The van der Waals surface area contributed by atoms with Crippen LogP contribution in [0.15, 0.2) is 72.8 Å². The zero-order valence-electron chi connectivity index (χ0n) is 28.9. The van der Waals surface area contributed by atoms with Crippen molar-refractivity contribution in [3.8, 4) is 5.75 Å². The lowest BCUT2D eigenvalue weighted by atomic mass is 9.93. The molecule has 47 heavy (non-hydrogen) atoms. The van der Waals surface area contributed by atoms with Gasteiger partial charge in [0, 0.05) is 55.1 Å². The van der Waals surface area contributed by atoms with Crippen molar-refractivity contribution in [2.24, 2.45) is 0 Å². The lowest BCUT2D eigenvalue weighted by molar-refractivity contribution is 0.0755. The molecule has 0 radical (unpaired) electrons. The van der Waals surface area contributed by atoms with Gasteiger partial charge < -0.3 is 30.3 Å². The smallest absolute Gasteiger partial charge is 0.253 e. The number of hydrogen-bond donors (Lipinski definition) is 3. The average molecular weight is 643 g/mol. The zero-order chi connectivity index (χ0) is 33.8. The zero-order valence-corrected chi connectivity index (χ0v) is 28.9. The first-order valence-corrected chi connectivity index (χ1v) is 17.3. The van der Waals surface area contributed by atoms with Crippen LogP contribution in [0.2, 0.25) is 0 Å². The van der Waals surface area contributed by atoms with Crippen LogP contribution in [-0.2, 0) is 12.0 Å². The molecule has 1 heterocycles. The second-order valence-electron chi connectivity index (χ2n) is 13.2. The van der Waals surface area contributed by atoms with E-state index in [1.807, 2.05) is 71.6 Å². The summed E-state index contributed by atoms with van der Waals surface area (Å²) in [7, 11) is 1.65. The fourth-order valence-electron chi connectivity index (χ4n) is 6.26. The molecule has 1 aliphatic heterocycles. The quantitative estimate of drug-likeness (QED) is 0.173. The van der Waals surface area contributed by atoms with Crippen LogP contribution < -0.4 is 20.3 Å². The van der Waals surface area contributed by atoms with Crippen molar-refractivity contribution in [3.05, 3.63) is 95.1 Å². The molecule has 2 atom stereocenters. The summed E-state index contributed by atoms with van der Waals surface area (Å²) in [6.45, 7) is 11.7. The van der Waals surface area contributed by atoms with Crippen LogP contribution in [-0.4, -0.2) is 73.8 Å². The van der Waals surface area contributed by atoms with Gasteiger partial charge in [-0.05, 0) is 93.8 Å². The number of hydrogen-bond acceptors (Lipinski definition) is 6. The predicted molar refractivity (Wildman–Crippen MR) is 190 cm³/mol. The van der Waals surface area contributed by atoms with Crippen molar-refractivity contribution in [3.63, 3.8) is 0 Å². The first kappa shape index (κ1) is 36.0. The Hall–Kier alpha value is -3.88. The monoisotopic (exact) mass is 642 g/mol. The minimum absolute atomic E-state index is 0.0496. The topological polar surface area (TPSA) is 94.1 Å². The molecule has 3 aromatic carbocycles. The number of benzene rings is 3. The van der Waals surface area contributed by atoms with Gasteiger partial charge in [-0.25, -0.2) is 0 Å². The number of rotatable bonds is 16. The van der Waals surface area contributed by atoms with Crippen LogP contribution in [0.25, 0.3) is 0 Å². The molecule has 3 N–H and O–H groups in total. The molecular formula is C39H54N4O4. The third-order valence-corrected chi connectivity index (χ3v) is 9.05. The number of aliphatic hydroxyl groups is 1. The van der Waals surface area contributed by atoms with E-state index >= 15 is 0 Å². The fourth-order valence-corrected chi connectivity index (χ4v) is 6.26. The number of methoxy groups -OCH3 is 1. The van der Waals surface area contributed by atoms with Gasteiger partial charge in [0.15, 0.2) is 0 Å². The van der Waals surface area contributed by atoms with Crippen LogP contribution in [0.3, 0.4) is 0 Å². The molecule has 4 rings (SSSR count). The number of carbonyl (C=O) groups excluding carboxylic acids is 2. The molecule has 2 amide bonds. The summed E-state index contributed by atoms with van der Waals surface area (Å²) in [5.41, 5.74) is 3.44. The van der Waals surface area contributed by atoms with E-state index in [2.05, 4.69) is 43.2 Å². The number of aliphatic hydroxyl groups excluding tert-OH is 1. The summed E-state index contributed by atoms with van der Waals surface area (Å²) in [5.74, 6) is 0.415. The molecule has 8 heteroatoms. The van der Waals surface area contributed by atoms with Gasteiger partial charge in [0.2, 0.25) is 0 Å². The molecular weight excluding hydrogens is 588 g/mol. The molecule has 1 aliphatic rings. The molecule has 0 spiro atoms. The van der Waals surface area contributed by atoms with E-state index in [0.717, 1.165) is 61.3 Å². The van der Waals surface area contributed by atoms with Crippen molar-refractivity contribution < 1.29 is 19.4 Å². The maximum Gasteiger partial charge on any atom is 0.253 e. The van der Waals surface area contributed by atoms with Gasteiger partial charge in [-0.3, -0.25) is 9.59 Å². The molecule has 8 nitrogen and oxygen atoms in total. The van der Waals surface area contributed by atoms with E-state index < -0.39 is 17.7 Å². The Morgan fingerprint density at radius 2 is 1.60 bits per heavy atom. The minimum atomic E-state index is -0.889. The molecule has 3 aromatic rings. The van der Waals surface area contributed by atoms with Crippen molar-refractivity contribution >= 4 is 17.5 Å². The van der Waals surface area contributed by atoms with Gasteiger partial charge in [0.1, 0.15) is 5.75 Å². The van der Waals surface area contributed by atoms with E-state index in [0.29, 0.717) is 30.6 Å². The highest BCUT2D eigenvalue weighted by molar-refractivity contribution is 6.01. The molecule has 0 unspecified atom stereocenters. The minimum Gasteiger partial charge on any atom is -0.497 e. The molecule has 1 saturated heterocycles. The number of anilines is 1. The number of nitrogens with zero attached hydrogens (tertiary/aromatic N) is 2. The summed E-state index contributed by atoms with van der Waals surface area (Å²) >= 11 is 0. The summed E-state index contributed by atoms with van der Waals surface area (Å²) in [6, 6.07) is 22.8. The lowest BCUT2D eigenvalue weighted by Crippen LogP contribution is -2.51. The Labute approximate surface area is 281 Å². The summed E-state index contributed by atoms with van der Waals surface area (Å²) in [4.78, 5) is 32.0. The average Bonchev–Trinajstić information content (AvgIpc) is 3.10. The highest BCUT2D eigenvalue weighted by Gasteiger charge is 2.28. The number of carbonyl (C=O) groups is 2. The van der Waals surface area contributed by atoms with Crippen molar-refractivity contribution in [2.75, 3.05) is 44.7 Å². The summed E-state index contributed by atoms with van der Waals surface area (Å²) in [5, 5.41) is 18.3. The molecule has 254 valence electrons. The van der Waals surface area contributed by atoms with E-state index in [1.165, 1.54) is 6.42 Å². The number of piperidine rings is 1. The standard InChI is InChI=1S/C39H54N4O4/c1-6-19-43(20-7-2)38(46)31-24-30(25-33(26-31)42-21-12-9-13-22-42)37(45)41-35(23-29-15-10-8-11-16-29)36(44)28-40-39(3,4)32-17-14-18-34(27-32)47-5/h8,10-11,14-18,24-27,35-36,40,44H,6-7,9,12-13,19-23,28H2,1-5H3,(H,41,45)/t35-,36+/m0/s1. The Kier molecular flexibility index (Phi) is 13.3. The van der Waals surface area contributed by atoms with Gasteiger partial charge in [-0.1, -0.05) is 56.3 Å². The molecule has 0 aromatic heterocycles. The first-order valence-electron chi connectivity index (χ1n) is 17.3. The third kappa shape index (κ3) is 10.1. The molecule has 0 bridgehead atoms. The predicted octanol–water partition coefficient (Wildman–Crippen LogP) is 6.17. The number of amides is 2. The molecule has 0 saturated carbocycles. The van der Waals surface area contributed by atoms with Gasteiger partial charge in [-0.15, -0.1) is 0 Å². The molecule has 1 fully saturated rings. The SMILES string of the molecule is CCCN(CCC)C(=O)c1cc(C(=O)N[C@@H](Cc2ccccc2)[C@H](O)CNC(C)(C)c2cccc(OC)c2)cc(N2CCCCC2)c1. The van der Waals surface area contributed by atoms with E-state index in [-0.39, 0.29) is 18.4 Å². The second kappa shape index (κ2) is 17.3. The summed E-state index contributed by atoms with van der Waals surface area (Å²) in [6.07, 6.45) is 4.65. The number of nitrogens with one attached hydrogen (secondary N) is 2. The highest BCUT2D eigenvalue weighted by atomic mass is 16.5. The van der Waals surface area contributed by atoms with Crippen LogP contribution >= 0.6 is 0 Å². The Morgan fingerprint density at radius 1 is 0.915 bits per heavy atom. The first-order chi connectivity index (χ1) is 22.6. The van der Waals surface area contributed by atoms with Crippen LogP contribution in [0.4, 0.5) is 5.69 Å². The van der Waals surface area contributed by atoms with Gasteiger partial charge in [-0.2, -0.15) is 0 Å². The van der Waals surface area contributed by atoms with E-state index in [9.17, 15) is 14.7 Å². The molecule has 0 aliphatic carbocycles. The van der Waals surface area contributed by atoms with Crippen LogP contribution in [0, 0.1) is 0 Å². The van der Waals surface area contributed by atoms with E-state index in [1.54, 1.807) is 13.2 Å². The van der Waals surface area contributed by atoms with Gasteiger partial charge in [0.25, 0.3) is 11.8 Å². The van der Waals surface area contributed by atoms with Gasteiger partial charge in [0.05, 0.1) is 19.3 Å². The highest BCUT2D eigenvalue weighted by Crippen LogP contribution is 2.26. The third-order valence-electron chi connectivity index (χ3n) is 9.05. The number of ether oxygens (including phenoxy) is 1. The Balaban J connectivity index is 1.60. The maximum absolute atomic E-state index is 14.1. The van der Waals surface area contributed by atoms with E-state index in [4.69, 9.17) is 4.74 Å². The van der Waals surface area contributed by atoms with Crippen LogP contribution in [0.1, 0.15) is 91.6 Å². The van der Waals surface area contributed by atoms with Crippen molar-refractivity contribution in [2.45, 2.75) is 83.9 Å². The summed E-state index contributed by atoms with van der Waals surface area (Å²) < 4.78 is 5.42.